The zero-order chi connectivity index (χ0) is 26.1. The first-order valence-electron chi connectivity index (χ1n) is 11.9. The number of benzene rings is 3. The van der Waals surface area contributed by atoms with Crippen molar-refractivity contribution in [2.75, 3.05) is 5.32 Å². The predicted octanol–water partition coefficient (Wildman–Crippen LogP) is 5.79. The largest absolute Gasteiger partial charge is 0.480 e. The second-order valence-electron chi connectivity index (χ2n) is 9.26. The van der Waals surface area contributed by atoms with E-state index < -0.39 is 12.0 Å². The molecule has 1 aromatic heterocycles. The standard InChI is InChI=1S/C29H25N3O4S/c1-17(2)25(29(35)36)32-16-21-9-8-20(14-23(21)28(32)34)18-10-12-22(13-11-18)31-26(33)27-30-15-24(37-27)19-6-4-3-5-7-19/h3-15,17,25H,16H2,1-2H3,(H,31,33)(H,35,36). The maximum absolute atomic E-state index is 13.0. The lowest BCUT2D eigenvalue weighted by atomic mass is 10.00. The summed E-state index contributed by atoms with van der Waals surface area (Å²) in [7, 11) is 0. The molecule has 0 bridgehead atoms. The number of rotatable bonds is 7. The average Bonchev–Trinajstić information content (AvgIpc) is 3.50. The molecule has 0 saturated heterocycles. The number of carbonyl (C=O) groups is 3. The van der Waals surface area contributed by atoms with Crippen LogP contribution in [0.1, 0.15) is 39.6 Å². The van der Waals surface area contributed by atoms with E-state index in [2.05, 4.69) is 10.3 Å². The van der Waals surface area contributed by atoms with Crippen molar-refractivity contribution >= 4 is 34.8 Å². The number of thiazole rings is 1. The van der Waals surface area contributed by atoms with E-state index in [1.807, 2.05) is 60.7 Å². The molecule has 1 unspecified atom stereocenters. The van der Waals surface area contributed by atoms with Gasteiger partial charge in [-0.15, -0.1) is 11.3 Å². The van der Waals surface area contributed by atoms with Gasteiger partial charge in [0.05, 0.1) is 4.88 Å². The van der Waals surface area contributed by atoms with Crippen LogP contribution in [0.15, 0.2) is 79.0 Å². The van der Waals surface area contributed by atoms with E-state index in [1.54, 1.807) is 32.2 Å². The zero-order valence-corrected chi connectivity index (χ0v) is 21.2. The van der Waals surface area contributed by atoms with Crippen LogP contribution in [0, 0.1) is 5.92 Å². The Morgan fingerprint density at radius 1 is 0.973 bits per heavy atom. The summed E-state index contributed by atoms with van der Waals surface area (Å²) in [5, 5.41) is 12.9. The van der Waals surface area contributed by atoms with Gasteiger partial charge in [-0.1, -0.05) is 68.4 Å². The molecule has 1 atom stereocenters. The summed E-state index contributed by atoms with van der Waals surface area (Å²) < 4.78 is 0. The number of nitrogens with one attached hydrogen (secondary N) is 1. The second-order valence-corrected chi connectivity index (χ2v) is 10.3. The quantitative estimate of drug-likeness (QED) is 0.327. The number of fused-ring (bicyclic) bond motifs is 1. The van der Waals surface area contributed by atoms with Crippen molar-refractivity contribution in [1.82, 2.24) is 9.88 Å². The smallest absolute Gasteiger partial charge is 0.326 e. The van der Waals surface area contributed by atoms with Crippen molar-refractivity contribution in [2.24, 2.45) is 5.92 Å². The highest BCUT2D eigenvalue weighted by molar-refractivity contribution is 7.17. The number of anilines is 1. The van der Waals surface area contributed by atoms with Gasteiger partial charge in [0.25, 0.3) is 11.8 Å². The minimum atomic E-state index is -0.997. The van der Waals surface area contributed by atoms with Gasteiger partial charge in [0, 0.05) is 24.0 Å². The summed E-state index contributed by atoms with van der Waals surface area (Å²) >= 11 is 1.33. The van der Waals surface area contributed by atoms with Crippen LogP contribution >= 0.6 is 11.3 Å². The van der Waals surface area contributed by atoms with Gasteiger partial charge in [0.1, 0.15) is 6.04 Å². The fourth-order valence-electron chi connectivity index (χ4n) is 4.55. The summed E-state index contributed by atoms with van der Waals surface area (Å²) in [5.74, 6) is -1.74. The minimum Gasteiger partial charge on any atom is -0.480 e. The lowest BCUT2D eigenvalue weighted by Crippen LogP contribution is -2.44. The Morgan fingerprint density at radius 3 is 2.35 bits per heavy atom. The molecule has 0 spiro atoms. The molecule has 0 saturated carbocycles. The lowest BCUT2D eigenvalue weighted by Gasteiger charge is -2.27. The Labute approximate surface area is 218 Å². The number of hydrogen-bond acceptors (Lipinski definition) is 5. The molecule has 7 nitrogen and oxygen atoms in total. The third-order valence-corrected chi connectivity index (χ3v) is 7.44. The molecule has 5 rings (SSSR count). The fraction of sp³-hybridized carbons (Fsp3) is 0.172. The number of aromatic nitrogens is 1. The molecule has 2 heterocycles. The Kier molecular flexibility index (Phi) is 6.58. The molecule has 4 aromatic rings. The van der Waals surface area contributed by atoms with E-state index in [0.29, 0.717) is 16.3 Å². The molecule has 0 aliphatic carbocycles. The summed E-state index contributed by atoms with van der Waals surface area (Å²) in [6.07, 6.45) is 1.70. The Hall–Kier alpha value is -4.30. The molecule has 3 aromatic carbocycles. The molecule has 2 N–H and O–H groups in total. The number of carboxylic acids is 1. The molecule has 1 aliphatic heterocycles. The van der Waals surface area contributed by atoms with Crippen molar-refractivity contribution < 1.29 is 19.5 Å². The van der Waals surface area contributed by atoms with Crippen LogP contribution < -0.4 is 5.32 Å². The highest BCUT2D eigenvalue weighted by Crippen LogP contribution is 2.32. The molecule has 0 radical (unpaired) electrons. The summed E-state index contributed by atoms with van der Waals surface area (Å²) in [4.78, 5) is 44.1. The van der Waals surface area contributed by atoms with Gasteiger partial charge >= 0.3 is 5.97 Å². The molecule has 186 valence electrons. The number of amides is 2. The number of carboxylic acid groups (broad SMARTS) is 1. The minimum absolute atomic E-state index is 0.202. The third-order valence-electron chi connectivity index (χ3n) is 6.40. The summed E-state index contributed by atoms with van der Waals surface area (Å²) in [6.45, 7) is 3.90. The van der Waals surface area contributed by atoms with E-state index in [9.17, 15) is 19.5 Å². The maximum Gasteiger partial charge on any atom is 0.326 e. The van der Waals surface area contributed by atoms with Crippen LogP contribution in [-0.2, 0) is 11.3 Å². The number of aliphatic carboxylic acids is 1. The molecule has 37 heavy (non-hydrogen) atoms. The van der Waals surface area contributed by atoms with E-state index >= 15 is 0 Å². The summed E-state index contributed by atoms with van der Waals surface area (Å²) in [5.41, 5.74) is 4.72. The highest BCUT2D eigenvalue weighted by Gasteiger charge is 2.38. The Bertz CT molecular complexity index is 1480. The molecular weight excluding hydrogens is 486 g/mol. The van der Waals surface area contributed by atoms with Crippen LogP contribution in [0.4, 0.5) is 5.69 Å². The van der Waals surface area contributed by atoms with Crippen LogP contribution in [0.3, 0.4) is 0 Å². The molecule has 8 heteroatoms. The first kappa shape index (κ1) is 24.4. The van der Waals surface area contributed by atoms with E-state index in [1.165, 1.54) is 16.2 Å². The van der Waals surface area contributed by atoms with E-state index in [0.717, 1.165) is 27.1 Å². The highest BCUT2D eigenvalue weighted by atomic mass is 32.1. The van der Waals surface area contributed by atoms with Gasteiger partial charge in [0.2, 0.25) is 0 Å². The van der Waals surface area contributed by atoms with Gasteiger partial charge in [-0.2, -0.15) is 0 Å². The number of hydrogen-bond donors (Lipinski definition) is 2. The molecule has 0 fully saturated rings. The lowest BCUT2D eigenvalue weighted by molar-refractivity contribution is -0.144. The molecular formula is C29H25N3O4S. The van der Waals surface area contributed by atoms with Gasteiger partial charge in [-0.05, 0) is 46.4 Å². The number of carbonyl (C=O) groups excluding carboxylic acids is 2. The monoisotopic (exact) mass is 511 g/mol. The van der Waals surface area contributed by atoms with Crippen LogP contribution in [-0.4, -0.2) is 38.8 Å². The van der Waals surface area contributed by atoms with Gasteiger partial charge < -0.3 is 15.3 Å². The average molecular weight is 512 g/mol. The van der Waals surface area contributed by atoms with Crippen LogP contribution in [0.25, 0.3) is 21.6 Å². The first-order chi connectivity index (χ1) is 17.8. The Morgan fingerprint density at radius 2 is 1.68 bits per heavy atom. The van der Waals surface area contributed by atoms with Crippen LogP contribution in [0.2, 0.25) is 0 Å². The zero-order valence-electron chi connectivity index (χ0n) is 20.3. The second kappa shape index (κ2) is 9.99. The fourth-order valence-corrected chi connectivity index (χ4v) is 5.37. The molecule has 1 aliphatic rings. The van der Waals surface area contributed by atoms with Crippen molar-refractivity contribution in [1.29, 1.82) is 0 Å². The maximum atomic E-state index is 13.0. The Balaban J connectivity index is 1.29. The van der Waals surface area contributed by atoms with Gasteiger partial charge in [0.15, 0.2) is 5.01 Å². The van der Waals surface area contributed by atoms with Crippen molar-refractivity contribution in [3.63, 3.8) is 0 Å². The normalized spacial score (nSPS) is 13.5. The van der Waals surface area contributed by atoms with Crippen LogP contribution in [0.5, 0.6) is 0 Å². The first-order valence-corrected chi connectivity index (χ1v) is 12.7. The third kappa shape index (κ3) is 4.88. The van der Waals surface area contributed by atoms with E-state index in [4.69, 9.17) is 0 Å². The summed E-state index contributed by atoms with van der Waals surface area (Å²) in [6, 6.07) is 21.9. The van der Waals surface area contributed by atoms with E-state index in [-0.39, 0.29) is 24.3 Å². The van der Waals surface area contributed by atoms with Crippen molar-refractivity contribution in [3.05, 3.63) is 95.1 Å². The van der Waals surface area contributed by atoms with Gasteiger partial charge in [-0.3, -0.25) is 9.59 Å². The van der Waals surface area contributed by atoms with Gasteiger partial charge in [-0.25, -0.2) is 9.78 Å². The molecule has 2 amide bonds. The van der Waals surface area contributed by atoms with Crippen molar-refractivity contribution in [2.45, 2.75) is 26.4 Å². The topological polar surface area (TPSA) is 99.6 Å². The number of nitrogens with zero attached hydrogens (tertiary/aromatic N) is 2. The predicted molar refractivity (Wildman–Crippen MR) is 144 cm³/mol. The SMILES string of the molecule is CC(C)C(C(=O)O)N1Cc2ccc(-c3ccc(NC(=O)c4ncc(-c5ccccc5)s4)cc3)cc2C1=O. The van der Waals surface area contributed by atoms with Crippen molar-refractivity contribution in [3.8, 4) is 21.6 Å².